The van der Waals surface area contributed by atoms with Crippen LogP contribution >= 0.6 is 0 Å². The molecule has 1 atom stereocenters. The molecule has 0 spiro atoms. The molecule has 1 heterocycles. The number of rotatable bonds is 4. The Morgan fingerprint density at radius 1 is 1.23 bits per heavy atom. The van der Waals surface area contributed by atoms with Gasteiger partial charge in [0.05, 0.1) is 13.1 Å². The highest BCUT2D eigenvalue weighted by Gasteiger charge is 2.26. The first kappa shape index (κ1) is 16.6. The van der Waals surface area contributed by atoms with Crippen molar-refractivity contribution in [3.8, 4) is 12.3 Å². The molecular weight excluding hydrogens is 278 g/mol. The third-order valence-electron chi connectivity index (χ3n) is 4.27. The molecule has 1 saturated heterocycles. The molecule has 1 N–H and O–H groups in total. The number of nitrogens with zero attached hydrogens (tertiary/aromatic N) is 2. The lowest BCUT2D eigenvalue weighted by Gasteiger charge is -2.27. The Labute approximate surface area is 132 Å². The van der Waals surface area contributed by atoms with E-state index in [1.54, 1.807) is 0 Å². The number of amides is 2. The number of allylic oxidation sites excluding steroid dienone is 2. The van der Waals surface area contributed by atoms with Crippen molar-refractivity contribution in [1.82, 2.24) is 15.1 Å². The molecule has 0 unspecified atom stereocenters. The van der Waals surface area contributed by atoms with E-state index in [1.165, 1.54) is 0 Å². The molecular formula is C17H25N3O2. The van der Waals surface area contributed by atoms with E-state index in [2.05, 4.69) is 28.3 Å². The predicted molar refractivity (Wildman–Crippen MR) is 86.0 cm³/mol. The molecule has 120 valence electrons. The Kier molecular flexibility index (Phi) is 6.47. The minimum Gasteiger partial charge on any atom is -0.344 e. The molecule has 0 aromatic heterocycles. The number of hydrogen-bond acceptors (Lipinski definition) is 3. The minimum atomic E-state index is -0.0462. The second kappa shape index (κ2) is 8.60. The number of terminal acetylenes is 1. The zero-order valence-corrected chi connectivity index (χ0v) is 13.1. The molecule has 0 aromatic carbocycles. The van der Waals surface area contributed by atoms with Crippen LogP contribution in [0.25, 0.3) is 0 Å². The predicted octanol–water partition coefficient (Wildman–Crippen LogP) is 0.626. The van der Waals surface area contributed by atoms with Gasteiger partial charge in [0.25, 0.3) is 0 Å². The summed E-state index contributed by atoms with van der Waals surface area (Å²) in [6.45, 7) is 3.72. The Morgan fingerprint density at radius 2 is 2.09 bits per heavy atom. The van der Waals surface area contributed by atoms with Crippen molar-refractivity contribution in [2.24, 2.45) is 5.92 Å². The van der Waals surface area contributed by atoms with Crippen LogP contribution in [0.1, 0.15) is 25.7 Å². The molecule has 2 rings (SSSR count). The van der Waals surface area contributed by atoms with Crippen LogP contribution in [0.4, 0.5) is 0 Å². The van der Waals surface area contributed by atoms with E-state index in [0.29, 0.717) is 13.1 Å². The molecule has 5 nitrogen and oxygen atoms in total. The van der Waals surface area contributed by atoms with Crippen LogP contribution in [0.2, 0.25) is 0 Å². The normalized spacial score (nSPS) is 22.7. The third-order valence-corrected chi connectivity index (χ3v) is 4.27. The van der Waals surface area contributed by atoms with Crippen molar-refractivity contribution in [2.75, 3.05) is 39.3 Å². The lowest BCUT2D eigenvalue weighted by Crippen LogP contribution is -2.41. The van der Waals surface area contributed by atoms with E-state index in [4.69, 9.17) is 6.42 Å². The lowest BCUT2D eigenvalue weighted by atomic mass is 9.93. The summed E-state index contributed by atoms with van der Waals surface area (Å²) >= 11 is 0. The van der Waals surface area contributed by atoms with Crippen molar-refractivity contribution in [1.29, 1.82) is 0 Å². The number of nitrogens with one attached hydrogen (secondary N) is 1. The average molecular weight is 303 g/mol. The Bertz CT molecular complexity index is 467. The van der Waals surface area contributed by atoms with Gasteiger partial charge in [0.15, 0.2) is 0 Å². The first-order valence-electron chi connectivity index (χ1n) is 8.07. The van der Waals surface area contributed by atoms with Crippen LogP contribution in [0.5, 0.6) is 0 Å². The van der Waals surface area contributed by atoms with Crippen LogP contribution in [0.3, 0.4) is 0 Å². The van der Waals surface area contributed by atoms with Gasteiger partial charge < -0.3 is 10.2 Å². The molecule has 0 radical (unpaired) electrons. The maximum absolute atomic E-state index is 12.5. The summed E-state index contributed by atoms with van der Waals surface area (Å²) < 4.78 is 0. The molecule has 0 saturated carbocycles. The summed E-state index contributed by atoms with van der Waals surface area (Å²) in [6, 6.07) is 0. The summed E-state index contributed by atoms with van der Waals surface area (Å²) in [5.74, 6) is 2.78. The maximum atomic E-state index is 12.5. The smallest absolute Gasteiger partial charge is 0.234 e. The van der Waals surface area contributed by atoms with Crippen molar-refractivity contribution in [3.05, 3.63) is 12.2 Å². The second-order valence-corrected chi connectivity index (χ2v) is 5.92. The van der Waals surface area contributed by atoms with Crippen LogP contribution in [-0.4, -0.2) is 60.9 Å². The summed E-state index contributed by atoms with van der Waals surface area (Å²) in [5, 5.41) is 2.68. The topological polar surface area (TPSA) is 52.7 Å². The fourth-order valence-electron chi connectivity index (χ4n) is 3.03. The molecule has 1 fully saturated rings. The zero-order chi connectivity index (χ0) is 15.8. The standard InChI is InChI=1S/C17H25N3O2/c1-2-9-18-16(21)14-19-10-6-11-20(13-12-19)17(22)15-7-4-3-5-8-15/h1,3-4,15H,5-14H2,(H,18,21)/t15-/m0/s1. The van der Waals surface area contributed by atoms with Crippen molar-refractivity contribution < 1.29 is 9.59 Å². The third kappa shape index (κ3) is 4.88. The van der Waals surface area contributed by atoms with Crippen LogP contribution in [0.15, 0.2) is 12.2 Å². The lowest BCUT2D eigenvalue weighted by molar-refractivity contribution is -0.135. The molecule has 2 amide bonds. The highest BCUT2D eigenvalue weighted by atomic mass is 16.2. The van der Waals surface area contributed by atoms with Gasteiger partial charge in [0.1, 0.15) is 0 Å². The monoisotopic (exact) mass is 303 g/mol. The fourth-order valence-corrected chi connectivity index (χ4v) is 3.03. The van der Waals surface area contributed by atoms with Gasteiger partial charge in [0, 0.05) is 32.1 Å². The highest BCUT2D eigenvalue weighted by molar-refractivity contribution is 5.79. The van der Waals surface area contributed by atoms with E-state index >= 15 is 0 Å². The Hall–Kier alpha value is -1.80. The van der Waals surface area contributed by atoms with Gasteiger partial charge in [-0.05, 0) is 25.7 Å². The van der Waals surface area contributed by atoms with Gasteiger partial charge in [-0.1, -0.05) is 18.1 Å². The first-order valence-corrected chi connectivity index (χ1v) is 8.07. The van der Waals surface area contributed by atoms with E-state index in [1.807, 2.05) is 4.90 Å². The van der Waals surface area contributed by atoms with E-state index < -0.39 is 0 Å². The van der Waals surface area contributed by atoms with Gasteiger partial charge in [-0.3, -0.25) is 14.5 Å². The molecule has 22 heavy (non-hydrogen) atoms. The number of hydrogen-bond donors (Lipinski definition) is 1. The Morgan fingerprint density at radius 3 is 2.82 bits per heavy atom. The number of carbonyl (C=O) groups is 2. The van der Waals surface area contributed by atoms with Gasteiger partial charge in [-0.2, -0.15) is 0 Å². The van der Waals surface area contributed by atoms with Crippen molar-refractivity contribution in [3.63, 3.8) is 0 Å². The molecule has 2 aliphatic rings. The second-order valence-electron chi connectivity index (χ2n) is 5.92. The zero-order valence-electron chi connectivity index (χ0n) is 13.1. The van der Waals surface area contributed by atoms with Crippen LogP contribution < -0.4 is 5.32 Å². The molecule has 0 aromatic rings. The highest BCUT2D eigenvalue weighted by Crippen LogP contribution is 2.21. The van der Waals surface area contributed by atoms with Crippen LogP contribution in [0, 0.1) is 18.3 Å². The molecule has 5 heteroatoms. The molecule has 0 bridgehead atoms. The summed E-state index contributed by atoms with van der Waals surface area (Å²) in [4.78, 5) is 28.3. The maximum Gasteiger partial charge on any atom is 0.234 e. The van der Waals surface area contributed by atoms with Crippen molar-refractivity contribution >= 4 is 11.8 Å². The van der Waals surface area contributed by atoms with Gasteiger partial charge in [-0.15, -0.1) is 6.42 Å². The Balaban J connectivity index is 1.79. The van der Waals surface area contributed by atoms with Crippen molar-refractivity contribution in [2.45, 2.75) is 25.7 Å². The average Bonchev–Trinajstić information content (AvgIpc) is 2.78. The summed E-state index contributed by atoms with van der Waals surface area (Å²) in [5.41, 5.74) is 0. The SMILES string of the molecule is C#CCNC(=O)CN1CCCN(C(=O)[C@H]2CC=CCC2)CC1. The summed E-state index contributed by atoms with van der Waals surface area (Å²) in [7, 11) is 0. The minimum absolute atomic E-state index is 0.0462. The van der Waals surface area contributed by atoms with Crippen LogP contribution in [-0.2, 0) is 9.59 Å². The van der Waals surface area contributed by atoms with Gasteiger partial charge in [-0.25, -0.2) is 0 Å². The van der Waals surface area contributed by atoms with Gasteiger partial charge in [0.2, 0.25) is 11.8 Å². The quantitative estimate of drug-likeness (QED) is 0.612. The number of carbonyl (C=O) groups excluding carboxylic acids is 2. The molecule has 1 aliphatic carbocycles. The fraction of sp³-hybridized carbons (Fsp3) is 0.647. The van der Waals surface area contributed by atoms with E-state index in [-0.39, 0.29) is 24.3 Å². The van der Waals surface area contributed by atoms with Gasteiger partial charge >= 0.3 is 0 Å². The molecule has 1 aliphatic heterocycles. The van der Waals surface area contributed by atoms with E-state index in [9.17, 15) is 9.59 Å². The van der Waals surface area contributed by atoms with E-state index in [0.717, 1.165) is 45.3 Å². The first-order chi connectivity index (χ1) is 10.7. The summed E-state index contributed by atoms with van der Waals surface area (Å²) in [6.07, 6.45) is 13.2. The largest absolute Gasteiger partial charge is 0.344 e.